The predicted molar refractivity (Wildman–Crippen MR) is 78.6 cm³/mol. The number of rotatable bonds is 4. The minimum atomic E-state index is -3.69. The Balaban J connectivity index is 2.10. The predicted octanol–water partition coefficient (Wildman–Crippen LogP) is 3.22. The molecule has 106 valence electrons. The van der Waals surface area contributed by atoms with Gasteiger partial charge in [0.25, 0.3) is 0 Å². The molecule has 0 unspecified atom stereocenters. The average Bonchev–Trinajstić information content (AvgIpc) is 2.39. The summed E-state index contributed by atoms with van der Waals surface area (Å²) < 4.78 is 27.7. The zero-order valence-corrected chi connectivity index (χ0v) is 12.5. The van der Waals surface area contributed by atoms with Crippen molar-refractivity contribution in [3.05, 3.63) is 58.1 Å². The molecule has 0 aliphatic carbocycles. The number of hydrogen-bond acceptors (Lipinski definition) is 3. The molecule has 2 aromatic carbocycles. The second kappa shape index (κ2) is 6.01. The molecule has 7 heteroatoms. The molecule has 0 heterocycles. The van der Waals surface area contributed by atoms with Crippen LogP contribution in [0.1, 0.15) is 5.56 Å². The van der Waals surface area contributed by atoms with Gasteiger partial charge in [-0.1, -0.05) is 23.2 Å². The second-order valence-electron chi connectivity index (χ2n) is 4.04. The van der Waals surface area contributed by atoms with E-state index < -0.39 is 10.0 Å². The SMILES string of the molecule is NS(=O)(=O)c1ccc(OCc2cc(Cl)ccc2Cl)cc1. The molecule has 20 heavy (non-hydrogen) atoms. The summed E-state index contributed by atoms with van der Waals surface area (Å²) in [6.45, 7) is 0.230. The van der Waals surface area contributed by atoms with Gasteiger partial charge in [0.15, 0.2) is 0 Å². The van der Waals surface area contributed by atoms with Crippen LogP contribution in [0.3, 0.4) is 0 Å². The van der Waals surface area contributed by atoms with Gasteiger partial charge in [-0.15, -0.1) is 0 Å². The van der Waals surface area contributed by atoms with Gasteiger partial charge in [-0.05, 0) is 42.5 Å². The molecule has 0 aliphatic rings. The Morgan fingerprint density at radius 2 is 1.70 bits per heavy atom. The third kappa shape index (κ3) is 3.86. The van der Waals surface area contributed by atoms with Crippen LogP contribution in [0.25, 0.3) is 0 Å². The van der Waals surface area contributed by atoms with E-state index in [1.807, 2.05) is 0 Å². The summed E-state index contributed by atoms with van der Waals surface area (Å²) in [6, 6.07) is 10.9. The maximum Gasteiger partial charge on any atom is 0.238 e. The monoisotopic (exact) mass is 331 g/mol. The summed E-state index contributed by atoms with van der Waals surface area (Å²) in [5.41, 5.74) is 0.745. The zero-order valence-electron chi connectivity index (χ0n) is 10.2. The first-order valence-corrected chi connectivity index (χ1v) is 7.86. The van der Waals surface area contributed by atoms with Gasteiger partial charge < -0.3 is 4.74 Å². The molecule has 0 amide bonds. The van der Waals surface area contributed by atoms with E-state index >= 15 is 0 Å². The van der Waals surface area contributed by atoms with E-state index in [4.69, 9.17) is 33.1 Å². The van der Waals surface area contributed by atoms with Gasteiger partial charge in [0.1, 0.15) is 12.4 Å². The van der Waals surface area contributed by atoms with Gasteiger partial charge in [-0.3, -0.25) is 0 Å². The van der Waals surface area contributed by atoms with E-state index in [9.17, 15) is 8.42 Å². The van der Waals surface area contributed by atoms with Crippen LogP contribution in [0.15, 0.2) is 47.4 Å². The quantitative estimate of drug-likeness (QED) is 0.935. The first-order valence-electron chi connectivity index (χ1n) is 5.56. The Hall–Kier alpha value is -1.27. The van der Waals surface area contributed by atoms with Crippen molar-refractivity contribution in [2.45, 2.75) is 11.5 Å². The molecule has 2 rings (SSSR count). The highest BCUT2D eigenvalue weighted by Gasteiger charge is 2.07. The van der Waals surface area contributed by atoms with E-state index in [2.05, 4.69) is 0 Å². The van der Waals surface area contributed by atoms with E-state index in [0.717, 1.165) is 5.56 Å². The number of hydrogen-bond donors (Lipinski definition) is 1. The van der Waals surface area contributed by atoms with E-state index in [-0.39, 0.29) is 11.5 Å². The van der Waals surface area contributed by atoms with Crippen LogP contribution in [-0.4, -0.2) is 8.42 Å². The molecule has 0 saturated carbocycles. The third-order valence-electron chi connectivity index (χ3n) is 2.55. The molecule has 0 saturated heterocycles. The fraction of sp³-hybridized carbons (Fsp3) is 0.0769. The molecule has 4 nitrogen and oxygen atoms in total. The Bertz CT molecular complexity index is 715. The fourth-order valence-electron chi connectivity index (χ4n) is 1.54. The van der Waals surface area contributed by atoms with Gasteiger partial charge >= 0.3 is 0 Å². The lowest BCUT2D eigenvalue weighted by Crippen LogP contribution is -2.11. The molecule has 0 spiro atoms. The topological polar surface area (TPSA) is 69.4 Å². The van der Waals surface area contributed by atoms with Gasteiger partial charge in [-0.2, -0.15) is 0 Å². The molecule has 0 radical (unpaired) electrons. The number of halogens is 2. The van der Waals surface area contributed by atoms with Crippen LogP contribution in [0.4, 0.5) is 0 Å². The van der Waals surface area contributed by atoms with Crippen molar-refractivity contribution in [3.8, 4) is 5.75 Å². The number of nitrogens with two attached hydrogens (primary N) is 1. The summed E-state index contributed by atoms with van der Waals surface area (Å²) in [4.78, 5) is 0.0330. The third-order valence-corrected chi connectivity index (χ3v) is 4.09. The number of ether oxygens (including phenoxy) is 1. The zero-order chi connectivity index (χ0) is 14.8. The van der Waals surface area contributed by atoms with E-state index in [0.29, 0.717) is 15.8 Å². The molecule has 0 bridgehead atoms. The van der Waals surface area contributed by atoms with Crippen molar-refractivity contribution in [1.82, 2.24) is 0 Å². The first kappa shape index (κ1) is 15.1. The number of primary sulfonamides is 1. The smallest absolute Gasteiger partial charge is 0.238 e. The maximum absolute atomic E-state index is 11.1. The fourth-order valence-corrected chi connectivity index (χ4v) is 2.42. The lowest BCUT2D eigenvalue weighted by molar-refractivity contribution is 0.306. The normalized spacial score (nSPS) is 11.3. The molecule has 0 aromatic heterocycles. The standard InChI is InChI=1S/C13H11Cl2NO3S/c14-10-1-6-13(15)9(7-10)8-19-11-2-4-12(5-3-11)20(16,17)18/h1-7H,8H2,(H2,16,17,18). The van der Waals surface area contributed by atoms with Crippen LogP contribution < -0.4 is 9.88 Å². The lowest BCUT2D eigenvalue weighted by atomic mass is 10.2. The van der Waals surface area contributed by atoms with Crippen molar-refractivity contribution in [1.29, 1.82) is 0 Å². The summed E-state index contributed by atoms with van der Waals surface area (Å²) >= 11 is 11.9. The Kier molecular flexibility index (Phi) is 4.55. The average molecular weight is 332 g/mol. The highest BCUT2D eigenvalue weighted by molar-refractivity contribution is 7.89. The van der Waals surface area contributed by atoms with Crippen LogP contribution >= 0.6 is 23.2 Å². The Morgan fingerprint density at radius 3 is 2.30 bits per heavy atom. The summed E-state index contributed by atoms with van der Waals surface area (Å²) in [5, 5.41) is 6.13. The van der Waals surface area contributed by atoms with Crippen LogP contribution in [0.5, 0.6) is 5.75 Å². The van der Waals surface area contributed by atoms with Gasteiger partial charge in [-0.25, -0.2) is 13.6 Å². The summed E-state index contributed by atoms with van der Waals surface area (Å²) in [7, 11) is -3.69. The number of sulfonamides is 1. The highest BCUT2D eigenvalue weighted by atomic mass is 35.5. The van der Waals surface area contributed by atoms with Crippen molar-refractivity contribution in [2.75, 3.05) is 0 Å². The van der Waals surface area contributed by atoms with Gasteiger partial charge in [0.2, 0.25) is 10.0 Å². The van der Waals surface area contributed by atoms with Crippen molar-refractivity contribution < 1.29 is 13.2 Å². The minimum absolute atomic E-state index is 0.0330. The maximum atomic E-state index is 11.1. The molecule has 0 aliphatic heterocycles. The molecule has 2 aromatic rings. The van der Waals surface area contributed by atoms with E-state index in [1.165, 1.54) is 24.3 Å². The summed E-state index contributed by atoms with van der Waals surface area (Å²) in [5.74, 6) is 0.508. The largest absolute Gasteiger partial charge is 0.489 e. The molecule has 0 atom stereocenters. The van der Waals surface area contributed by atoms with Crippen LogP contribution in [0.2, 0.25) is 10.0 Å². The molecular weight excluding hydrogens is 321 g/mol. The first-order chi connectivity index (χ1) is 9.36. The van der Waals surface area contributed by atoms with Crippen molar-refractivity contribution in [3.63, 3.8) is 0 Å². The molecule has 2 N–H and O–H groups in total. The second-order valence-corrected chi connectivity index (χ2v) is 6.45. The Morgan fingerprint density at radius 1 is 1.05 bits per heavy atom. The van der Waals surface area contributed by atoms with Gasteiger partial charge in [0, 0.05) is 15.6 Å². The molecule has 0 fully saturated rings. The highest BCUT2D eigenvalue weighted by Crippen LogP contribution is 2.23. The van der Waals surface area contributed by atoms with Crippen molar-refractivity contribution in [2.24, 2.45) is 5.14 Å². The lowest BCUT2D eigenvalue weighted by Gasteiger charge is -2.08. The molecular formula is C13H11Cl2NO3S. The Labute approximate surface area is 127 Å². The van der Waals surface area contributed by atoms with Gasteiger partial charge in [0.05, 0.1) is 4.90 Å². The summed E-state index contributed by atoms with van der Waals surface area (Å²) in [6.07, 6.45) is 0. The van der Waals surface area contributed by atoms with Crippen LogP contribution in [-0.2, 0) is 16.6 Å². The van der Waals surface area contributed by atoms with Crippen LogP contribution in [0, 0.1) is 0 Å². The van der Waals surface area contributed by atoms with E-state index in [1.54, 1.807) is 18.2 Å². The van der Waals surface area contributed by atoms with Crippen molar-refractivity contribution >= 4 is 33.2 Å². The number of benzene rings is 2. The minimum Gasteiger partial charge on any atom is -0.489 e.